The molecule has 0 saturated heterocycles. The molecule has 2 aromatic rings. The van der Waals surface area contributed by atoms with Crippen LogP contribution in [0.5, 0.6) is 5.75 Å². The summed E-state index contributed by atoms with van der Waals surface area (Å²) in [5.74, 6) is 0.906. The van der Waals surface area contributed by atoms with E-state index in [0.29, 0.717) is 3.92 Å². The van der Waals surface area contributed by atoms with Crippen LogP contribution in [0.1, 0.15) is 13.3 Å². The quantitative estimate of drug-likeness (QED) is 0.629. The first-order chi connectivity index (χ1) is 7.75. The zero-order chi connectivity index (χ0) is 11.4. The summed E-state index contributed by atoms with van der Waals surface area (Å²) in [6.45, 7) is 2.95. The third-order valence-corrected chi connectivity index (χ3v) is 2.98. The zero-order valence-electron chi connectivity index (χ0n) is 9.19. The Kier molecular flexibility index (Phi) is 3.98. The van der Waals surface area contributed by atoms with E-state index < -0.39 is 0 Å². The van der Waals surface area contributed by atoms with Crippen LogP contribution in [0.2, 0.25) is 0 Å². The van der Waals surface area contributed by atoms with Crippen molar-refractivity contribution in [3.63, 3.8) is 0 Å². The van der Waals surface area contributed by atoms with Gasteiger partial charge in [0.2, 0.25) is 0 Å². The maximum atomic E-state index is 5.68. The number of fused-ring (bicyclic) bond motifs is 1. The number of halogens is 1. The van der Waals surface area contributed by atoms with Crippen molar-refractivity contribution >= 4 is 33.5 Å². The van der Waals surface area contributed by atoms with Crippen LogP contribution in [0.15, 0.2) is 36.5 Å². The summed E-state index contributed by atoms with van der Waals surface area (Å²) in [4.78, 5) is 4.30. The Morgan fingerprint density at radius 2 is 2.25 bits per heavy atom. The molecule has 0 N–H and O–H groups in total. The first-order valence-electron chi connectivity index (χ1n) is 5.37. The predicted molar refractivity (Wildman–Crippen MR) is 75.3 cm³/mol. The number of hydrogen-bond donors (Lipinski definition) is 0. The number of nitrogens with zero attached hydrogens (tertiary/aromatic N) is 1. The van der Waals surface area contributed by atoms with Crippen LogP contribution < -0.4 is 4.74 Å². The molecular weight excluding hydrogens is 313 g/mol. The van der Waals surface area contributed by atoms with Crippen molar-refractivity contribution in [1.29, 1.82) is 0 Å². The Balaban J connectivity index is 2.08. The molecule has 3 heteroatoms. The van der Waals surface area contributed by atoms with Gasteiger partial charge in [-0.05, 0) is 24.6 Å². The van der Waals surface area contributed by atoms with Crippen molar-refractivity contribution in [2.45, 2.75) is 17.3 Å². The van der Waals surface area contributed by atoms with Gasteiger partial charge in [0, 0.05) is 21.6 Å². The number of pyridine rings is 1. The van der Waals surface area contributed by atoms with Gasteiger partial charge in [-0.15, -0.1) is 0 Å². The molecule has 0 bridgehead atoms. The summed E-state index contributed by atoms with van der Waals surface area (Å²) < 4.78 is 6.33. The van der Waals surface area contributed by atoms with Gasteiger partial charge < -0.3 is 4.74 Å². The topological polar surface area (TPSA) is 22.1 Å². The zero-order valence-corrected chi connectivity index (χ0v) is 11.3. The highest BCUT2D eigenvalue weighted by Crippen LogP contribution is 2.19. The molecule has 0 aliphatic heterocycles. The molecule has 0 aliphatic carbocycles. The standard InChI is InChI=1S/C13H14INO/c1-10(14)6-8-16-12-5-4-11-3-2-7-15-13(11)9-12/h2-5,7,9-10H,6,8H2,1H3. The molecule has 1 aromatic carbocycles. The summed E-state index contributed by atoms with van der Waals surface area (Å²) in [5.41, 5.74) is 0.988. The highest BCUT2D eigenvalue weighted by atomic mass is 127. The highest BCUT2D eigenvalue weighted by Gasteiger charge is 1.99. The molecule has 0 saturated carbocycles. The lowest BCUT2D eigenvalue weighted by molar-refractivity contribution is 0.313. The fraction of sp³-hybridized carbons (Fsp3) is 0.308. The predicted octanol–water partition coefficient (Wildman–Crippen LogP) is 3.83. The summed E-state index contributed by atoms with van der Waals surface area (Å²) >= 11 is 2.41. The van der Waals surface area contributed by atoms with E-state index in [1.54, 1.807) is 6.20 Å². The van der Waals surface area contributed by atoms with Crippen molar-refractivity contribution < 1.29 is 4.74 Å². The van der Waals surface area contributed by atoms with Gasteiger partial charge in [0.1, 0.15) is 5.75 Å². The molecular formula is C13H14INO. The molecule has 1 aromatic heterocycles. The molecule has 1 heterocycles. The van der Waals surface area contributed by atoms with E-state index in [2.05, 4.69) is 40.6 Å². The fourth-order valence-corrected chi connectivity index (χ4v) is 1.73. The Bertz CT molecular complexity index is 470. The molecule has 0 spiro atoms. The van der Waals surface area contributed by atoms with E-state index in [0.717, 1.165) is 29.7 Å². The fourth-order valence-electron chi connectivity index (χ4n) is 1.48. The second-order valence-corrected chi connectivity index (χ2v) is 5.90. The number of benzene rings is 1. The van der Waals surface area contributed by atoms with Crippen molar-refractivity contribution in [2.24, 2.45) is 0 Å². The van der Waals surface area contributed by atoms with E-state index in [1.807, 2.05) is 24.3 Å². The smallest absolute Gasteiger partial charge is 0.121 e. The van der Waals surface area contributed by atoms with Crippen molar-refractivity contribution in [2.75, 3.05) is 6.61 Å². The van der Waals surface area contributed by atoms with E-state index in [9.17, 15) is 0 Å². The Hall–Kier alpha value is -0.840. The average molecular weight is 327 g/mol. The van der Waals surface area contributed by atoms with Gasteiger partial charge >= 0.3 is 0 Å². The SMILES string of the molecule is CC(I)CCOc1ccc2cccnc2c1. The second kappa shape index (κ2) is 5.48. The summed E-state index contributed by atoms with van der Waals surface area (Å²) in [6, 6.07) is 10.0. The van der Waals surface area contributed by atoms with Gasteiger partial charge in [-0.2, -0.15) is 0 Å². The molecule has 2 nitrogen and oxygen atoms in total. The first-order valence-corrected chi connectivity index (χ1v) is 6.62. The second-order valence-electron chi connectivity index (χ2n) is 3.78. The number of aromatic nitrogens is 1. The molecule has 1 atom stereocenters. The largest absolute Gasteiger partial charge is 0.493 e. The minimum Gasteiger partial charge on any atom is -0.493 e. The molecule has 0 aliphatic rings. The van der Waals surface area contributed by atoms with E-state index in [-0.39, 0.29) is 0 Å². The molecule has 0 fully saturated rings. The Morgan fingerprint density at radius 3 is 3.06 bits per heavy atom. The molecule has 16 heavy (non-hydrogen) atoms. The first kappa shape index (κ1) is 11.6. The van der Waals surface area contributed by atoms with Crippen LogP contribution in [0.3, 0.4) is 0 Å². The van der Waals surface area contributed by atoms with Crippen molar-refractivity contribution in [3.05, 3.63) is 36.5 Å². The number of hydrogen-bond acceptors (Lipinski definition) is 2. The van der Waals surface area contributed by atoms with Gasteiger partial charge in [0.25, 0.3) is 0 Å². The maximum Gasteiger partial charge on any atom is 0.121 e. The van der Waals surface area contributed by atoms with Crippen LogP contribution in [0.4, 0.5) is 0 Å². The third kappa shape index (κ3) is 3.07. The molecule has 84 valence electrons. The van der Waals surface area contributed by atoms with Crippen LogP contribution in [0, 0.1) is 0 Å². The molecule has 1 unspecified atom stereocenters. The maximum absolute atomic E-state index is 5.68. The molecule has 2 rings (SSSR count). The van der Waals surface area contributed by atoms with E-state index >= 15 is 0 Å². The summed E-state index contributed by atoms with van der Waals surface area (Å²) in [5, 5.41) is 1.15. The summed E-state index contributed by atoms with van der Waals surface area (Å²) in [7, 11) is 0. The highest BCUT2D eigenvalue weighted by molar-refractivity contribution is 14.1. The van der Waals surface area contributed by atoms with Crippen LogP contribution >= 0.6 is 22.6 Å². The van der Waals surface area contributed by atoms with E-state index in [4.69, 9.17) is 4.74 Å². The Labute approximate surface area is 109 Å². The van der Waals surface area contributed by atoms with Gasteiger partial charge in [0.15, 0.2) is 0 Å². The van der Waals surface area contributed by atoms with E-state index in [1.165, 1.54) is 0 Å². The lowest BCUT2D eigenvalue weighted by Crippen LogP contribution is -2.02. The summed E-state index contributed by atoms with van der Waals surface area (Å²) in [6.07, 6.45) is 2.87. The van der Waals surface area contributed by atoms with Crippen molar-refractivity contribution in [1.82, 2.24) is 4.98 Å². The monoisotopic (exact) mass is 327 g/mol. The van der Waals surface area contributed by atoms with Gasteiger partial charge in [0.05, 0.1) is 12.1 Å². The molecule has 0 amide bonds. The minimum atomic E-state index is 0.649. The van der Waals surface area contributed by atoms with Crippen LogP contribution in [-0.2, 0) is 0 Å². The Morgan fingerprint density at radius 1 is 1.38 bits per heavy atom. The normalized spacial score (nSPS) is 12.6. The number of ether oxygens (including phenoxy) is 1. The van der Waals surface area contributed by atoms with Crippen LogP contribution in [0.25, 0.3) is 10.9 Å². The minimum absolute atomic E-state index is 0.649. The van der Waals surface area contributed by atoms with Crippen LogP contribution in [-0.4, -0.2) is 15.5 Å². The van der Waals surface area contributed by atoms with Gasteiger partial charge in [-0.3, -0.25) is 4.98 Å². The van der Waals surface area contributed by atoms with Gasteiger partial charge in [-0.1, -0.05) is 35.6 Å². The molecule has 0 radical (unpaired) electrons. The van der Waals surface area contributed by atoms with Crippen molar-refractivity contribution in [3.8, 4) is 5.75 Å². The average Bonchev–Trinajstić information content (AvgIpc) is 2.28. The number of rotatable bonds is 4. The number of alkyl halides is 1. The third-order valence-electron chi connectivity index (χ3n) is 2.36. The van der Waals surface area contributed by atoms with Gasteiger partial charge in [-0.25, -0.2) is 0 Å². The lowest BCUT2D eigenvalue weighted by Gasteiger charge is -2.07. The lowest BCUT2D eigenvalue weighted by atomic mass is 10.2.